The van der Waals surface area contributed by atoms with Crippen LogP contribution in [0.2, 0.25) is 0 Å². The van der Waals surface area contributed by atoms with Gasteiger partial charge < -0.3 is 18.9 Å². The van der Waals surface area contributed by atoms with Crippen molar-refractivity contribution < 1.29 is 18.9 Å². The molecule has 2 aliphatic rings. The minimum atomic E-state index is -0.0333. The number of benzene rings is 1. The highest BCUT2D eigenvalue weighted by Gasteiger charge is 2.25. The van der Waals surface area contributed by atoms with E-state index in [1.807, 2.05) is 12.1 Å². The summed E-state index contributed by atoms with van der Waals surface area (Å²) >= 11 is 0. The molecule has 4 heteroatoms. The summed E-state index contributed by atoms with van der Waals surface area (Å²) in [6.45, 7) is 3.06. The van der Waals surface area contributed by atoms with Crippen LogP contribution in [0.3, 0.4) is 0 Å². The van der Waals surface area contributed by atoms with Crippen molar-refractivity contribution in [2.24, 2.45) is 0 Å². The number of hydrogen-bond donors (Lipinski definition) is 0. The molecule has 0 aliphatic carbocycles. The molecular formula is C13H16O4. The number of fused-ring (bicyclic) bond motifs is 1. The molecule has 92 valence electrons. The second-order valence-electron chi connectivity index (χ2n) is 4.32. The van der Waals surface area contributed by atoms with Gasteiger partial charge in [0.25, 0.3) is 0 Å². The topological polar surface area (TPSA) is 36.9 Å². The van der Waals surface area contributed by atoms with Crippen molar-refractivity contribution in [2.75, 3.05) is 13.4 Å². The molecule has 1 aromatic carbocycles. The van der Waals surface area contributed by atoms with Crippen LogP contribution in [-0.4, -0.2) is 25.8 Å². The zero-order chi connectivity index (χ0) is 11.7. The Bertz CT molecular complexity index is 404. The fourth-order valence-corrected chi connectivity index (χ4v) is 2.16. The number of rotatable bonds is 3. The van der Waals surface area contributed by atoms with Gasteiger partial charge in [0.1, 0.15) is 0 Å². The molecule has 1 aromatic rings. The summed E-state index contributed by atoms with van der Waals surface area (Å²) in [5.41, 5.74) is 1.19. The van der Waals surface area contributed by atoms with Crippen molar-refractivity contribution in [3.63, 3.8) is 0 Å². The minimum absolute atomic E-state index is 0.0333. The molecule has 0 aromatic heterocycles. The molecule has 2 aliphatic heterocycles. The lowest BCUT2D eigenvalue weighted by molar-refractivity contribution is -0.0583. The predicted octanol–water partition coefficient (Wildman–Crippen LogP) is 2.11. The van der Waals surface area contributed by atoms with Crippen LogP contribution < -0.4 is 9.47 Å². The smallest absolute Gasteiger partial charge is 0.231 e. The van der Waals surface area contributed by atoms with Crippen LogP contribution in [0.25, 0.3) is 0 Å². The normalized spacial score (nSPS) is 26.4. The highest BCUT2D eigenvalue weighted by atomic mass is 16.7. The highest BCUT2D eigenvalue weighted by molar-refractivity contribution is 5.44. The number of ether oxygens (including phenoxy) is 4. The molecule has 2 heterocycles. The van der Waals surface area contributed by atoms with E-state index in [9.17, 15) is 0 Å². The van der Waals surface area contributed by atoms with Gasteiger partial charge in [-0.3, -0.25) is 0 Å². The van der Waals surface area contributed by atoms with E-state index in [-0.39, 0.29) is 12.4 Å². The van der Waals surface area contributed by atoms with Crippen molar-refractivity contribution in [1.82, 2.24) is 0 Å². The Kier molecular flexibility index (Phi) is 2.91. The van der Waals surface area contributed by atoms with Gasteiger partial charge in [0, 0.05) is 6.42 Å². The molecular weight excluding hydrogens is 220 g/mol. The molecule has 0 amide bonds. The van der Waals surface area contributed by atoms with Crippen LogP contribution in [0.4, 0.5) is 0 Å². The zero-order valence-electron chi connectivity index (χ0n) is 9.85. The van der Waals surface area contributed by atoms with Gasteiger partial charge in [-0.05, 0) is 24.1 Å². The monoisotopic (exact) mass is 236 g/mol. The lowest BCUT2D eigenvalue weighted by Crippen LogP contribution is -2.14. The first-order valence-corrected chi connectivity index (χ1v) is 6.00. The van der Waals surface area contributed by atoms with Gasteiger partial charge in [0.05, 0.1) is 12.7 Å². The Hall–Kier alpha value is -1.26. The Morgan fingerprint density at radius 1 is 1.24 bits per heavy atom. The molecule has 1 saturated heterocycles. The maximum Gasteiger partial charge on any atom is 0.231 e. The molecule has 0 saturated carbocycles. The first-order valence-electron chi connectivity index (χ1n) is 6.00. The first kappa shape index (κ1) is 10.9. The molecule has 0 bridgehead atoms. The van der Waals surface area contributed by atoms with Crippen molar-refractivity contribution in [3.8, 4) is 11.5 Å². The summed E-state index contributed by atoms with van der Waals surface area (Å²) < 4.78 is 21.9. The van der Waals surface area contributed by atoms with E-state index in [1.165, 1.54) is 5.56 Å². The maximum atomic E-state index is 5.74. The predicted molar refractivity (Wildman–Crippen MR) is 61.2 cm³/mol. The van der Waals surface area contributed by atoms with Gasteiger partial charge in [-0.25, -0.2) is 0 Å². The molecule has 17 heavy (non-hydrogen) atoms. The van der Waals surface area contributed by atoms with Crippen molar-refractivity contribution >= 4 is 0 Å². The van der Waals surface area contributed by atoms with E-state index in [1.54, 1.807) is 0 Å². The standard InChI is InChI=1S/C13H16O4/c1-2-13-14-7-10(17-13)5-9-3-4-11-12(6-9)16-8-15-11/h3-4,6,10,13H,2,5,7-8H2,1H3. The zero-order valence-corrected chi connectivity index (χ0v) is 9.85. The second kappa shape index (κ2) is 4.55. The average molecular weight is 236 g/mol. The summed E-state index contributed by atoms with van der Waals surface area (Å²) in [6, 6.07) is 6.02. The van der Waals surface area contributed by atoms with Gasteiger partial charge in [-0.2, -0.15) is 0 Å². The summed E-state index contributed by atoms with van der Waals surface area (Å²) in [7, 11) is 0. The molecule has 3 rings (SSSR count). The van der Waals surface area contributed by atoms with E-state index in [4.69, 9.17) is 18.9 Å². The summed E-state index contributed by atoms with van der Waals surface area (Å²) in [6.07, 6.45) is 1.87. The average Bonchev–Trinajstić information content (AvgIpc) is 2.96. The van der Waals surface area contributed by atoms with Crippen molar-refractivity contribution in [1.29, 1.82) is 0 Å². The molecule has 2 unspecified atom stereocenters. The van der Waals surface area contributed by atoms with E-state index in [2.05, 4.69) is 13.0 Å². The largest absolute Gasteiger partial charge is 0.454 e. The third-order valence-corrected chi connectivity index (χ3v) is 3.05. The third-order valence-electron chi connectivity index (χ3n) is 3.05. The van der Waals surface area contributed by atoms with Crippen LogP contribution in [-0.2, 0) is 15.9 Å². The molecule has 0 spiro atoms. The Morgan fingerprint density at radius 3 is 2.94 bits per heavy atom. The van der Waals surface area contributed by atoms with Crippen LogP contribution >= 0.6 is 0 Å². The van der Waals surface area contributed by atoms with Crippen LogP contribution in [0.15, 0.2) is 18.2 Å². The Morgan fingerprint density at radius 2 is 2.12 bits per heavy atom. The van der Waals surface area contributed by atoms with Gasteiger partial charge in [-0.15, -0.1) is 0 Å². The van der Waals surface area contributed by atoms with Crippen LogP contribution in [0, 0.1) is 0 Å². The van der Waals surface area contributed by atoms with Gasteiger partial charge >= 0.3 is 0 Å². The summed E-state index contributed by atoms with van der Waals surface area (Å²) in [5.74, 6) is 1.65. The molecule has 4 nitrogen and oxygen atoms in total. The fraction of sp³-hybridized carbons (Fsp3) is 0.538. The maximum absolute atomic E-state index is 5.74. The first-order chi connectivity index (χ1) is 8.35. The molecule has 0 radical (unpaired) electrons. The summed E-state index contributed by atoms with van der Waals surface area (Å²) in [4.78, 5) is 0. The van der Waals surface area contributed by atoms with Gasteiger partial charge in [-0.1, -0.05) is 13.0 Å². The third kappa shape index (κ3) is 2.23. The lowest BCUT2D eigenvalue weighted by atomic mass is 10.1. The van der Waals surface area contributed by atoms with Gasteiger partial charge in [0.15, 0.2) is 17.8 Å². The van der Waals surface area contributed by atoms with Crippen LogP contribution in [0.5, 0.6) is 11.5 Å². The van der Waals surface area contributed by atoms with Gasteiger partial charge in [0.2, 0.25) is 6.79 Å². The molecule has 1 fully saturated rings. The van der Waals surface area contributed by atoms with Crippen molar-refractivity contribution in [2.45, 2.75) is 32.2 Å². The highest BCUT2D eigenvalue weighted by Crippen LogP contribution is 2.33. The minimum Gasteiger partial charge on any atom is -0.454 e. The summed E-state index contributed by atoms with van der Waals surface area (Å²) in [5, 5.41) is 0. The lowest BCUT2D eigenvalue weighted by Gasteiger charge is -2.10. The Balaban J connectivity index is 1.65. The van der Waals surface area contributed by atoms with Crippen LogP contribution in [0.1, 0.15) is 18.9 Å². The Labute approximate surface area is 100 Å². The van der Waals surface area contributed by atoms with E-state index >= 15 is 0 Å². The van der Waals surface area contributed by atoms with E-state index in [0.717, 1.165) is 24.3 Å². The number of hydrogen-bond acceptors (Lipinski definition) is 4. The quantitative estimate of drug-likeness (QED) is 0.805. The second-order valence-corrected chi connectivity index (χ2v) is 4.32. The van der Waals surface area contributed by atoms with Crippen molar-refractivity contribution in [3.05, 3.63) is 23.8 Å². The molecule has 0 N–H and O–H groups in total. The van der Waals surface area contributed by atoms with E-state index in [0.29, 0.717) is 13.4 Å². The fourth-order valence-electron chi connectivity index (χ4n) is 2.16. The SMILES string of the molecule is CCC1OCC(Cc2ccc3c(c2)OCO3)O1. The van der Waals surface area contributed by atoms with E-state index < -0.39 is 0 Å². The molecule has 2 atom stereocenters.